The Morgan fingerprint density at radius 1 is 1.18 bits per heavy atom. The molecule has 1 atom stereocenters. The first-order valence-corrected chi connectivity index (χ1v) is 10.5. The fourth-order valence-electron chi connectivity index (χ4n) is 2.59. The zero-order chi connectivity index (χ0) is 16.3. The van der Waals surface area contributed by atoms with Crippen LogP contribution in [0, 0.1) is 6.92 Å². The first kappa shape index (κ1) is 16.6. The Balaban J connectivity index is 2.65. The van der Waals surface area contributed by atoms with E-state index in [-0.39, 0.29) is 5.56 Å². The van der Waals surface area contributed by atoms with Crippen molar-refractivity contribution in [2.45, 2.75) is 33.4 Å². The van der Waals surface area contributed by atoms with Crippen molar-refractivity contribution in [2.75, 3.05) is 6.61 Å². The average Bonchev–Trinajstić information content (AvgIpc) is 2.51. The van der Waals surface area contributed by atoms with E-state index in [9.17, 15) is 4.79 Å². The summed E-state index contributed by atoms with van der Waals surface area (Å²) in [5.41, 5.74) is 3.18. The van der Waals surface area contributed by atoms with E-state index >= 15 is 0 Å². The molecule has 0 amide bonds. The first-order chi connectivity index (χ1) is 10.5. The van der Waals surface area contributed by atoms with Crippen LogP contribution < -0.4 is 15.5 Å². The van der Waals surface area contributed by atoms with Crippen LogP contribution in [0.2, 0.25) is 12.6 Å². The van der Waals surface area contributed by atoms with Crippen molar-refractivity contribution in [3.05, 3.63) is 46.4 Å². The Hall–Kier alpha value is -1.81. The van der Waals surface area contributed by atoms with Gasteiger partial charge in [0.15, 0.2) is 0 Å². The SMILES string of the molecule is CCOc1ccc([SiH](C)CC)cc1-c1cn(C)c(=O)cc1C. The third kappa shape index (κ3) is 3.33. The van der Waals surface area contributed by atoms with Gasteiger partial charge in [-0.1, -0.05) is 36.8 Å². The summed E-state index contributed by atoms with van der Waals surface area (Å²) >= 11 is 0. The fourth-order valence-corrected chi connectivity index (χ4v) is 3.93. The van der Waals surface area contributed by atoms with Crippen molar-refractivity contribution in [1.29, 1.82) is 0 Å². The van der Waals surface area contributed by atoms with Crippen LogP contribution in [0.4, 0.5) is 0 Å². The highest BCUT2D eigenvalue weighted by atomic mass is 28.3. The highest BCUT2D eigenvalue weighted by Crippen LogP contribution is 2.31. The number of rotatable bonds is 5. The van der Waals surface area contributed by atoms with Gasteiger partial charge in [0.2, 0.25) is 0 Å². The lowest BCUT2D eigenvalue weighted by atomic mass is 10.0. The van der Waals surface area contributed by atoms with Gasteiger partial charge < -0.3 is 9.30 Å². The molecule has 0 aliphatic rings. The summed E-state index contributed by atoms with van der Waals surface area (Å²) in [6.07, 6.45) is 1.91. The third-order valence-electron chi connectivity index (χ3n) is 4.21. The second-order valence-electron chi connectivity index (χ2n) is 5.82. The molecule has 1 aromatic heterocycles. The molecule has 0 saturated carbocycles. The lowest BCUT2D eigenvalue weighted by Gasteiger charge is -2.16. The molecule has 0 aliphatic carbocycles. The smallest absolute Gasteiger partial charge is 0.250 e. The predicted octanol–water partition coefficient (Wildman–Crippen LogP) is 2.84. The Morgan fingerprint density at radius 2 is 1.91 bits per heavy atom. The van der Waals surface area contributed by atoms with Crippen molar-refractivity contribution in [3.63, 3.8) is 0 Å². The van der Waals surface area contributed by atoms with E-state index in [2.05, 4.69) is 31.7 Å². The quantitative estimate of drug-likeness (QED) is 0.795. The maximum Gasteiger partial charge on any atom is 0.250 e. The molecule has 0 fully saturated rings. The molecule has 0 saturated heterocycles. The molecule has 0 spiro atoms. The number of hydrogen-bond acceptors (Lipinski definition) is 2. The minimum Gasteiger partial charge on any atom is -0.493 e. The van der Waals surface area contributed by atoms with Crippen LogP contribution in [0.1, 0.15) is 19.4 Å². The molecule has 1 unspecified atom stereocenters. The van der Waals surface area contributed by atoms with Crippen LogP contribution in [0.25, 0.3) is 11.1 Å². The van der Waals surface area contributed by atoms with Gasteiger partial charge in [0.25, 0.3) is 5.56 Å². The summed E-state index contributed by atoms with van der Waals surface area (Å²) in [5, 5.41) is 1.44. The molecule has 0 bridgehead atoms. The van der Waals surface area contributed by atoms with Gasteiger partial charge in [0, 0.05) is 30.4 Å². The Bertz CT molecular complexity index is 722. The monoisotopic (exact) mass is 315 g/mol. The summed E-state index contributed by atoms with van der Waals surface area (Å²) < 4.78 is 7.44. The molecule has 0 radical (unpaired) electrons. The molecular formula is C18H25NO2Si. The minimum atomic E-state index is -0.894. The highest BCUT2D eigenvalue weighted by Gasteiger charge is 2.14. The summed E-state index contributed by atoms with van der Waals surface area (Å²) in [6, 6.07) is 9.47. The molecule has 1 aromatic carbocycles. The number of hydrogen-bond donors (Lipinski definition) is 0. The lowest BCUT2D eigenvalue weighted by Crippen LogP contribution is -2.25. The minimum absolute atomic E-state index is 0.0201. The summed E-state index contributed by atoms with van der Waals surface area (Å²) in [5.74, 6) is 0.894. The van der Waals surface area contributed by atoms with E-state index in [1.54, 1.807) is 17.7 Å². The van der Waals surface area contributed by atoms with Gasteiger partial charge in [-0.25, -0.2) is 0 Å². The van der Waals surface area contributed by atoms with Crippen molar-refractivity contribution in [1.82, 2.24) is 4.57 Å². The Labute approximate surface area is 134 Å². The molecule has 2 aromatic rings. The second-order valence-corrected chi connectivity index (χ2v) is 9.10. The van der Waals surface area contributed by atoms with Crippen LogP contribution in [-0.2, 0) is 7.05 Å². The van der Waals surface area contributed by atoms with Crippen molar-refractivity contribution in [3.8, 4) is 16.9 Å². The van der Waals surface area contributed by atoms with Crippen molar-refractivity contribution < 1.29 is 4.74 Å². The lowest BCUT2D eigenvalue weighted by molar-refractivity contribution is 0.341. The number of benzene rings is 1. The van der Waals surface area contributed by atoms with Crippen LogP contribution in [0.3, 0.4) is 0 Å². The molecule has 0 N–H and O–H groups in total. The van der Waals surface area contributed by atoms with E-state index in [4.69, 9.17) is 4.74 Å². The number of ether oxygens (including phenoxy) is 1. The number of pyridine rings is 1. The summed E-state index contributed by atoms with van der Waals surface area (Å²) in [4.78, 5) is 11.8. The van der Waals surface area contributed by atoms with Gasteiger partial charge in [-0.15, -0.1) is 0 Å². The Morgan fingerprint density at radius 3 is 2.55 bits per heavy atom. The van der Waals surface area contributed by atoms with Gasteiger partial charge in [-0.05, 0) is 25.5 Å². The fraction of sp³-hybridized carbons (Fsp3) is 0.389. The molecular weight excluding hydrogens is 290 g/mol. The molecule has 3 nitrogen and oxygen atoms in total. The second kappa shape index (κ2) is 6.96. The van der Waals surface area contributed by atoms with Gasteiger partial charge in [-0.3, -0.25) is 4.79 Å². The zero-order valence-corrected chi connectivity index (χ0v) is 15.3. The molecule has 22 heavy (non-hydrogen) atoms. The number of aromatic nitrogens is 1. The zero-order valence-electron chi connectivity index (χ0n) is 14.1. The highest BCUT2D eigenvalue weighted by molar-refractivity contribution is 6.72. The van der Waals surface area contributed by atoms with Crippen LogP contribution in [0.5, 0.6) is 5.75 Å². The maximum atomic E-state index is 11.8. The third-order valence-corrected chi connectivity index (χ3v) is 6.93. The Kier molecular flexibility index (Phi) is 5.24. The van der Waals surface area contributed by atoms with Gasteiger partial charge >= 0.3 is 0 Å². The van der Waals surface area contributed by atoms with Gasteiger partial charge in [0.05, 0.1) is 15.4 Å². The molecule has 1 heterocycles. The molecule has 0 aliphatic heterocycles. The topological polar surface area (TPSA) is 31.2 Å². The van der Waals surface area contributed by atoms with Gasteiger partial charge in [0.1, 0.15) is 5.75 Å². The van der Waals surface area contributed by atoms with Crippen LogP contribution >= 0.6 is 0 Å². The largest absolute Gasteiger partial charge is 0.493 e. The van der Waals surface area contributed by atoms with E-state index in [1.165, 1.54) is 11.2 Å². The average molecular weight is 315 g/mol. The molecule has 118 valence electrons. The predicted molar refractivity (Wildman–Crippen MR) is 96.2 cm³/mol. The summed E-state index contributed by atoms with van der Waals surface area (Å²) in [7, 11) is 0.897. The molecule has 4 heteroatoms. The normalized spacial score (nSPS) is 12.2. The molecule has 2 rings (SSSR count). The number of aryl methyl sites for hydroxylation is 2. The van der Waals surface area contributed by atoms with Gasteiger partial charge in [-0.2, -0.15) is 0 Å². The van der Waals surface area contributed by atoms with E-state index in [0.717, 1.165) is 22.4 Å². The van der Waals surface area contributed by atoms with Crippen LogP contribution in [-0.4, -0.2) is 20.0 Å². The summed E-state index contributed by atoms with van der Waals surface area (Å²) in [6.45, 7) is 9.24. The van der Waals surface area contributed by atoms with Crippen LogP contribution in [0.15, 0.2) is 35.3 Å². The van der Waals surface area contributed by atoms with E-state index in [1.807, 2.05) is 20.0 Å². The maximum absolute atomic E-state index is 11.8. The first-order valence-electron chi connectivity index (χ1n) is 7.92. The van der Waals surface area contributed by atoms with Crippen molar-refractivity contribution in [2.24, 2.45) is 7.05 Å². The van der Waals surface area contributed by atoms with E-state index in [0.29, 0.717) is 6.61 Å². The number of nitrogens with zero attached hydrogens (tertiary/aromatic N) is 1. The van der Waals surface area contributed by atoms with E-state index < -0.39 is 8.80 Å². The standard InChI is InChI=1S/C18H25NO2Si/c1-6-21-17-9-8-14(22(5)7-2)11-15(17)16-12-19(4)18(20)10-13(16)3/h8-12,22H,6-7H2,1-5H3. The van der Waals surface area contributed by atoms with Crippen molar-refractivity contribution >= 4 is 14.0 Å².